The van der Waals surface area contributed by atoms with E-state index in [1.165, 1.54) is 19.4 Å². The van der Waals surface area contributed by atoms with Crippen molar-refractivity contribution in [2.24, 2.45) is 45.3 Å². The van der Waals surface area contributed by atoms with Crippen molar-refractivity contribution in [3.05, 3.63) is 11.1 Å². The molecule has 3 saturated heterocycles. The van der Waals surface area contributed by atoms with Crippen molar-refractivity contribution in [3.63, 3.8) is 0 Å². The first-order valence-corrected chi connectivity index (χ1v) is 26.3. The van der Waals surface area contributed by atoms with Gasteiger partial charge in [-0.25, -0.2) is 0 Å². The number of nitrogens with one attached hydrogen (secondary N) is 1. The molecular formula is C52H85NO19. The minimum absolute atomic E-state index is 0.0236. The number of rotatable bonds is 16. The Labute approximate surface area is 423 Å². The van der Waals surface area contributed by atoms with Crippen LogP contribution in [-0.2, 0) is 47.5 Å². The van der Waals surface area contributed by atoms with Crippen molar-refractivity contribution in [1.82, 2.24) is 5.32 Å². The lowest BCUT2D eigenvalue weighted by Gasteiger charge is -2.62. The Morgan fingerprint density at radius 1 is 0.750 bits per heavy atom. The highest BCUT2D eigenvalue weighted by molar-refractivity contribution is 5.82. The number of hydrogen-bond donors (Lipinski definition) is 10. The lowest BCUT2D eigenvalue weighted by molar-refractivity contribution is -0.389. The fourth-order valence-corrected chi connectivity index (χ4v) is 14.9. The summed E-state index contributed by atoms with van der Waals surface area (Å²) in [5, 5.41) is 100. The number of amides is 1. The predicted octanol–water partition coefficient (Wildman–Crippen LogP) is 1.81. The molecule has 3 aliphatic heterocycles. The van der Waals surface area contributed by atoms with Crippen LogP contribution >= 0.6 is 0 Å². The van der Waals surface area contributed by atoms with Crippen LogP contribution in [0.25, 0.3) is 0 Å². The number of carboxylic acid groups (broad SMARTS) is 1. The van der Waals surface area contributed by atoms with E-state index in [1.54, 1.807) is 0 Å². The first-order chi connectivity index (χ1) is 33.6. The molecular weight excluding hydrogens is 943 g/mol. The second kappa shape index (κ2) is 21.5. The fourth-order valence-electron chi connectivity index (χ4n) is 14.9. The van der Waals surface area contributed by atoms with E-state index in [2.05, 4.69) is 53.8 Å². The second-order valence-corrected chi connectivity index (χ2v) is 23.9. The molecule has 22 unspecified atom stereocenters. The van der Waals surface area contributed by atoms with Crippen LogP contribution in [0.4, 0.5) is 0 Å². The van der Waals surface area contributed by atoms with E-state index >= 15 is 0 Å². The maximum atomic E-state index is 14.1. The number of ether oxygens (including phenoxy) is 7. The molecule has 0 bridgehead atoms. The van der Waals surface area contributed by atoms with Crippen molar-refractivity contribution < 1.29 is 93.5 Å². The summed E-state index contributed by atoms with van der Waals surface area (Å²) in [4.78, 5) is 38.7. The molecule has 72 heavy (non-hydrogen) atoms. The highest BCUT2D eigenvalue weighted by Gasteiger charge is 2.69. The van der Waals surface area contributed by atoms with E-state index in [0.29, 0.717) is 44.9 Å². The van der Waals surface area contributed by atoms with E-state index in [0.717, 1.165) is 24.8 Å². The Balaban J connectivity index is 1.19. The number of allylic oxidation sites excluding steroid dienone is 1. The number of esters is 1. The highest BCUT2D eigenvalue weighted by Crippen LogP contribution is 2.73. The molecule has 20 heteroatoms. The smallest absolute Gasteiger partial charge is 0.314 e. The van der Waals surface area contributed by atoms with Crippen LogP contribution in [0.1, 0.15) is 133 Å². The molecule has 0 aromatic carbocycles. The number of carbonyl (C=O) groups excluding carboxylic acids is 2. The Kier molecular flexibility index (Phi) is 17.1. The van der Waals surface area contributed by atoms with Gasteiger partial charge in [-0.05, 0) is 111 Å². The van der Waals surface area contributed by atoms with E-state index < -0.39 is 151 Å². The van der Waals surface area contributed by atoms with Crippen LogP contribution in [0, 0.1) is 45.3 Å². The van der Waals surface area contributed by atoms with Crippen LogP contribution in [0.5, 0.6) is 0 Å². The summed E-state index contributed by atoms with van der Waals surface area (Å²) in [6, 6.07) is -1.45. The van der Waals surface area contributed by atoms with Gasteiger partial charge in [0.15, 0.2) is 18.9 Å². The summed E-state index contributed by atoms with van der Waals surface area (Å²) in [5.41, 5.74) is -0.966. The Hall–Kier alpha value is -2.41. The largest absolute Gasteiger partial charge is 0.481 e. The molecule has 7 aliphatic rings. The highest BCUT2D eigenvalue weighted by atomic mass is 16.8. The zero-order chi connectivity index (χ0) is 53.2. The van der Waals surface area contributed by atoms with Gasteiger partial charge in [0.2, 0.25) is 5.91 Å². The number of aliphatic hydroxyl groups excluding tert-OH is 8. The molecule has 0 aromatic heterocycles. The van der Waals surface area contributed by atoms with Crippen molar-refractivity contribution in [1.29, 1.82) is 0 Å². The molecule has 412 valence electrons. The van der Waals surface area contributed by atoms with Gasteiger partial charge in [-0.15, -0.1) is 0 Å². The summed E-state index contributed by atoms with van der Waals surface area (Å²) in [7, 11) is 0. The number of carbonyl (C=O) groups is 3. The molecule has 0 spiro atoms. The van der Waals surface area contributed by atoms with Gasteiger partial charge < -0.3 is 84.4 Å². The quantitative estimate of drug-likeness (QED) is 0.0779. The van der Waals surface area contributed by atoms with Crippen LogP contribution in [0.2, 0.25) is 0 Å². The average molecular weight is 1030 g/mol. The first-order valence-electron chi connectivity index (χ1n) is 26.3. The summed E-state index contributed by atoms with van der Waals surface area (Å²) in [6.45, 7) is 17.6. The Morgan fingerprint density at radius 3 is 2.00 bits per heavy atom. The minimum Gasteiger partial charge on any atom is -0.481 e. The second-order valence-electron chi connectivity index (χ2n) is 23.9. The zero-order valence-electron chi connectivity index (χ0n) is 43.8. The van der Waals surface area contributed by atoms with Gasteiger partial charge in [-0.2, -0.15) is 0 Å². The third-order valence-corrected chi connectivity index (χ3v) is 19.3. The lowest BCUT2D eigenvalue weighted by atomic mass is 9.43. The van der Waals surface area contributed by atoms with Crippen LogP contribution in [0.15, 0.2) is 11.1 Å². The van der Waals surface area contributed by atoms with Gasteiger partial charge in [0.05, 0.1) is 31.3 Å². The molecule has 22 atom stereocenters. The van der Waals surface area contributed by atoms with Crippen molar-refractivity contribution >= 4 is 17.8 Å². The molecule has 0 aromatic rings. The number of aliphatic carboxylic acids is 1. The summed E-state index contributed by atoms with van der Waals surface area (Å²) >= 11 is 0. The number of hydrogen-bond acceptors (Lipinski definition) is 18. The number of aliphatic hydroxyl groups is 8. The SMILES string of the molecule is CC(=O)NC1C(OC2C(OC3CCC4(C)C5=C(CCC4C3(C)C)C3(C(=O)O)CCC(C(C)CCC(C)(OC(C)=O)C(C)C)C3(C)CC5)OC(CO)C(O)C2OC2OCC(O)C(O)C2O)OC(CO)C(O)C1O. The first kappa shape index (κ1) is 57.3. The van der Waals surface area contributed by atoms with E-state index in [9.17, 15) is 60.3 Å². The lowest BCUT2D eigenvalue weighted by Crippen LogP contribution is -2.69. The number of carboxylic acids is 1. The zero-order valence-corrected chi connectivity index (χ0v) is 43.8. The van der Waals surface area contributed by atoms with E-state index in [1.807, 2.05) is 6.92 Å². The molecule has 5 fully saturated rings. The predicted molar refractivity (Wildman–Crippen MR) is 254 cm³/mol. The third-order valence-electron chi connectivity index (χ3n) is 19.3. The molecule has 7 rings (SSSR count). The van der Waals surface area contributed by atoms with Gasteiger partial charge in [-0.3, -0.25) is 14.4 Å². The molecule has 3 heterocycles. The number of fused-ring (bicyclic) bond motifs is 4. The maximum Gasteiger partial charge on any atom is 0.314 e. The minimum atomic E-state index is -1.82. The molecule has 1 amide bonds. The monoisotopic (exact) mass is 1030 g/mol. The van der Waals surface area contributed by atoms with Gasteiger partial charge >= 0.3 is 11.9 Å². The average Bonchev–Trinajstić information content (AvgIpc) is 3.64. The van der Waals surface area contributed by atoms with Crippen molar-refractivity contribution in [2.75, 3.05) is 19.8 Å². The van der Waals surface area contributed by atoms with Crippen LogP contribution in [0.3, 0.4) is 0 Å². The normalized spacial score (nSPS) is 45.3. The molecule has 4 aliphatic carbocycles. The Bertz CT molecular complexity index is 1990. The van der Waals surface area contributed by atoms with Gasteiger partial charge in [-0.1, -0.05) is 59.6 Å². The van der Waals surface area contributed by atoms with Gasteiger partial charge in [0.1, 0.15) is 72.7 Å². The van der Waals surface area contributed by atoms with Crippen molar-refractivity contribution in [3.8, 4) is 0 Å². The van der Waals surface area contributed by atoms with Crippen molar-refractivity contribution in [2.45, 2.75) is 231 Å². The maximum absolute atomic E-state index is 14.1. The molecule has 20 nitrogen and oxygen atoms in total. The van der Waals surface area contributed by atoms with Crippen LogP contribution in [-0.4, -0.2) is 181 Å². The Morgan fingerprint density at radius 2 is 1.39 bits per heavy atom. The van der Waals surface area contributed by atoms with Crippen LogP contribution < -0.4 is 5.32 Å². The molecule has 0 radical (unpaired) electrons. The topological polar surface area (TPSA) is 310 Å². The fraction of sp³-hybridized carbons (Fsp3) is 0.904. The molecule has 2 saturated carbocycles. The van der Waals surface area contributed by atoms with E-state index in [-0.39, 0.29) is 29.6 Å². The summed E-state index contributed by atoms with van der Waals surface area (Å²) < 4.78 is 43.4. The van der Waals surface area contributed by atoms with E-state index in [4.69, 9.17) is 33.2 Å². The van der Waals surface area contributed by atoms with Gasteiger partial charge in [0.25, 0.3) is 0 Å². The molecule has 10 N–H and O–H groups in total. The summed E-state index contributed by atoms with van der Waals surface area (Å²) in [6.07, 6.45) is -14.9. The van der Waals surface area contributed by atoms with Gasteiger partial charge in [0, 0.05) is 13.8 Å². The third kappa shape index (κ3) is 9.95. The summed E-state index contributed by atoms with van der Waals surface area (Å²) in [5.74, 6) is -1.31. The standard InChI is InChI=1S/C52H85NO19/c1-24(2)51(10,72-27(5)57)19-13-25(3)28-15-20-52(47(64)65)30-11-12-34-48(6,7)35(16-17-49(34,8)29(30)14-18-50(28,52)9)69-46-43(71-44-36(53-26(4)56)40(62)38(60)32(21-54)67-44)42(39(61)33(22-55)68-46)70-45-41(63)37(59)31(58)23-66-45/h24-25,28,31-46,54-55,58-63H,11-23H2,1-10H3,(H,53,56)(H,64,65).